The first kappa shape index (κ1) is 20.9. The summed E-state index contributed by atoms with van der Waals surface area (Å²) in [5, 5.41) is 11.1. The number of nitrogens with one attached hydrogen (secondary N) is 2. The highest BCUT2D eigenvalue weighted by atomic mass is 16.5. The second-order valence-corrected chi connectivity index (χ2v) is 6.33. The van der Waals surface area contributed by atoms with E-state index in [1.165, 1.54) is 0 Å². The highest BCUT2D eigenvalue weighted by molar-refractivity contribution is 6.00. The molecule has 0 saturated carbocycles. The summed E-state index contributed by atoms with van der Waals surface area (Å²) in [7, 11) is 3.16. The Morgan fingerprint density at radius 1 is 1.07 bits per heavy atom. The zero-order valence-electron chi connectivity index (χ0n) is 17.4. The number of hydrogen-bond acceptors (Lipinski definition) is 6. The third-order valence-corrected chi connectivity index (χ3v) is 4.41. The van der Waals surface area contributed by atoms with Gasteiger partial charge in [-0.15, -0.1) is 0 Å². The topological polar surface area (TPSA) is 97.8 Å². The van der Waals surface area contributed by atoms with Crippen LogP contribution in [0.5, 0.6) is 17.2 Å². The van der Waals surface area contributed by atoms with Crippen LogP contribution in [0.2, 0.25) is 0 Å². The molecule has 1 heterocycles. The largest absolute Gasteiger partial charge is 0.497 e. The minimum atomic E-state index is -0.402. The number of hydrazone groups is 1. The van der Waals surface area contributed by atoms with Gasteiger partial charge in [-0.25, -0.2) is 5.43 Å². The number of aromatic nitrogens is 2. The van der Waals surface area contributed by atoms with Crippen molar-refractivity contribution in [2.75, 3.05) is 20.8 Å². The fraction of sp³-hybridized carbons (Fsp3) is 0.227. The third kappa shape index (κ3) is 4.78. The second-order valence-electron chi connectivity index (χ2n) is 6.33. The molecule has 1 amide bonds. The first-order chi connectivity index (χ1) is 14.5. The molecule has 30 heavy (non-hydrogen) atoms. The molecule has 0 aliphatic heterocycles. The summed E-state index contributed by atoms with van der Waals surface area (Å²) in [6.07, 6.45) is 0. The lowest BCUT2D eigenvalue weighted by molar-refractivity contribution is 0.0950. The number of methoxy groups -OCH3 is 2. The molecule has 0 aliphatic rings. The zero-order chi connectivity index (χ0) is 21.5. The van der Waals surface area contributed by atoms with Crippen molar-refractivity contribution in [1.29, 1.82) is 0 Å². The number of benzene rings is 2. The van der Waals surface area contributed by atoms with Gasteiger partial charge in [-0.1, -0.05) is 0 Å². The van der Waals surface area contributed by atoms with Crippen LogP contribution >= 0.6 is 0 Å². The Labute approximate surface area is 174 Å². The number of aromatic amines is 1. The molecule has 2 N–H and O–H groups in total. The van der Waals surface area contributed by atoms with Crippen molar-refractivity contribution in [3.05, 3.63) is 59.8 Å². The number of hydrogen-bond donors (Lipinski definition) is 2. The van der Waals surface area contributed by atoms with Gasteiger partial charge in [0.05, 0.1) is 32.2 Å². The van der Waals surface area contributed by atoms with Crippen LogP contribution in [0.3, 0.4) is 0 Å². The summed E-state index contributed by atoms with van der Waals surface area (Å²) in [4.78, 5) is 12.5. The lowest BCUT2D eigenvalue weighted by Gasteiger charge is -2.08. The van der Waals surface area contributed by atoms with Crippen LogP contribution in [0.15, 0.2) is 53.6 Å². The molecule has 8 heteroatoms. The Kier molecular flexibility index (Phi) is 6.69. The van der Waals surface area contributed by atoms with E-state index in [-0.39, 0.29) is 5.69 Å². The molecule has 0 atom stereocenters. The van der Waals surface area contributed by atoms with Crippen LogP contribution in [0.1, 0.15) is 29.9 Å². The molecule has 0 unspecified atom stereocenters. The Morgan fingerprint density at radius 3 is 2.47 bits per heavy atom. The van der Waals surface area contributed by atoms with Crippen LogP contribution in [-0.4, -0.2) is 42.6 Å². The standard InChI is InChI=1S/C22H24N4O4/c1-5-30-16-8-6-15(7-9-16)14(2)23-26-22(27)20-13-19(24-25-20)18-12-17(28-3)10-11-21(18)29-4/h6-13H,5H2,1-4H3,(H,24,25)(H,26,27). The van der Waals surface area contributed by atoms with E-state index in [0.717, 1.165) is 11.3 Å². The molecule has 3 rings (SSSR count). The van der Waals surface area contributed by atoms with Gasteiger partial charge in [-0.3, -0.25) is 9.89 Å². The molecular weight excluding hydrogens is 384 g/mol. The number of carbonyl (C=O) groups excluding carboxylic acids is 1. The van der Waals surface area contributed by atoms with Gasteiger partial charge < -0.3 is 14.2 Å². The maximum Gasteiger partial charge on any atom is 0.289 e. The molecule has 1 aromatic heterocycles. The fourth-order valence-electron chi connectivity index (χ4n) is 2.81. The Morgan fingerprint density at radius 2 is 1.80 bits per heavy atom. The van der Waals surface area contributed by atoms with E-state index in [1.807, 2.05) is 38.1 Å². The Bertz CT molecular complexity index is 1040. The first-order valence-electron chi connectivity index (χ1n) is 9.41. The van der Waals surface area contributed by atoms with Gasteiger partial charge in [0.1, 0.15) is 22.9 Å². The summed E-state index contributed by atoms with van der Waals surface area (Å²) in [5.74, 6) is 1.67. The zero-order valence-corrected chi connectivity index (χ0v) is 17.4. The number of nitrogens with zero attached hydrogens (tertiary/aromatic N) is 2. The SMILES string of the molecule is CCOc1ccc(C(C)=NNC(=O)c2cc(-c3cc(OC)ccc3OC)n[nH]2)cc1. The molecule has 0 bridgehead atoms. The minimum absolute atomic E-state index is 0.276. The minimum Gasteiger partial charge on any atom is -0.497 e. The van der Waals surface area contributed by atoms with Crippen LogP contribution in [-0.2, 0) is 0 Å². The molecule has 8 nitrogen and oxygen atoms in total. The molecule has 0 fully saturated rings. The van der Waals surface area contributed by atoms with Gasteiger partial charge in [-0.05, 0) is 67.9 Å². The summed E-state index contributed by atoms with van der Waals surface area (Å²) >= 11 is 0. The normalized spacial score (nSPS) is 11.1. The van der Waals surface area contributed by atoms with Crippen molar-refractivity contribution in [3.8, 4) is 28.5 Å². The highest BCUT2D eigenvalue weighted by Gasteiger charge is 2.15. The van der Waals surface area contributed by atoms with E-state index < -0.39 is 5.91 Å². The maximum absolute atomic E-state index is 12.5. The van der Waals surface area contributed by atoms with E-state index in [4.69, 9.17) is 14.2 Å². The van der Waals surface area contributed by atoms with E-state index in [0.29, 0.717) is 35.1 Å². The van der Waals surface area contributed by atoms with E-state index >= 15 is 0 Å². The molecule has 3 aromatic rings. The second kappa shape index (κ2) is 9.60. The molecule has 0 saturated heterocycles. The van der Waals surface area contributed by atoms with Crippen LogP contribution < -0.4 is 19.6 Å². The van der Waals surface area contributed by atoms with Gasteiger partial charge in [0, 0.05) is 5.56 Å². The van der Waals surface area contributed by atoms with Crippen LogP contribution in [0.4, 0.5) is 0 Å². The van der Waals surface area contributed by atoms with E-state index in [9.17, 15) is 4.79 Å². The summed E-state index contributed by atoms with van der Waals surface area (Å²) in [6.45, 7) is 4.35. The first-order valence-corrected chi connectivity index (χ1v) is 9.41. The fourth-order valence-corrected chi connectivity index (χ4v) is 2.81. The summed E-state index contributed by atoms with van der Waals surface area (Å²) in [6, 6.07) is 14.5. The number of ether oxygens (including phenoxy) is 3. The average molecular weight is 408 g/mol. The molecule has 0 spiro atoms. The van der Waals surface area contributed by atoms with Gasteiger partial charge in [0.15, 0.2) is 0 Å². The van der Waals surface area contributed by atoms with Crippen molar-refractivity contribution < 1.29 is 19.0 Å². The van der Waals surface area contributed by atoms with Crippen molar-refractivity contribution in [3.63, 3.8) is 0 Å². The van der Waals surface area contributed by atoms with Crippen LogP contribution in [0.25, 0.3) is 11.3 Å². The van der Waals surface area contributed by atoms with E-state index in [2.05, 4.69) is 20.7 Å². The smallest absolute Gasteiger partial charge is 0.289 e. The monoisotopic (exact) mass is 408 g/mol. The Balaban J connectivity index is 1.73. The number of carbonyl (C=O) groups is 1. The molecule has 2 aromatic carbocycles. The molecular formula is C22H24N4O4. The quantitative estimate of drug-likeness (QED) is 0.438. The van der Waals surface area contributed by atoms with Gasteiger partial charge in [0.2, 0.25) is 0 Å². The van der Waals surface area contributed by atoms with Gasteiger partial charge >= 0.3 is 0 Å². The summed E-state index contributed by atoms with van der Waals surface area (Å²) < 4.78 is 16.1. The lowest BCUT2D eigenvalue weighted by atomic mass is 10.1. The predicted octanol–water partition coefficient (Wildman–Crippen LogP) is 3.65. The van der Waals surface area contributed by atoms with Gasteiger partial charge in [-0.2, -0.15) is 10.2 Å². The average Bonchev–Trinajstić information content (AvgIpc) is 3.27. The highest BCUT2D eigenvalue weighted by Crippen LogP contribution is 2.32. The van der Waals surface area contributed by atoms with Crippen molar-refractivity contribution >= 4 is 11.6 Å². The summed E-state index contributed by atoms with van der Waals surface area (Å²) in [5.41, 5.74) is 5.63. The molecule has 0 radical (unpaired) electrons. The number of rotatable bonds is 8. The van der Waals surface area contributed by atoms with Crippen molar-refractivity contribution in [1.82, 2.24) is 15.6 Å². The number of H-pyrrole nitrogens is 1. The molecule has 0 aliphatic carbocycles. The Hall–Kier alpha value is -3.81. The number of amides is 1. The molecule has 156 valence electrons. The third-order valence-electron chi connectivity index (χ3n) is 4.41. The predicted molar refractivity (Wildman–Crippen MR) is 114 cm³/mol. The van der Waals surface area contributed by atoms with Gasteiger partial charge in [0.25, 0.3) is 5.91 Å². The lowest BCUT2D eigenvalue weighted by Crippen LogP contribution is -2.19. The maximum atomic E-state index is 12.5. The van der Waals surface area contributed by atoms with E-state index in [1.54, 1.807) is 38.5 Å². The van der Waals surface area contributed by atoms with Crippen molar-refractivity contribution in [2.45, 2.75) is 13.8 Å². The van der Waals surface area contributed by atoms with Crippen LogP contribution in [0, 0.1) is 0 Å². The van der Waals surface area contributed by atoms with Crippen molar-refractivity contribution in [2.24, 2.45) is 5.10 Å².